The maximum Gasteiger partial charge on any atom is 0.188 e. The largest absolute Gasteiger partial charge is 0.329 e. The third-order valence-corrected chi connectivity index (χ3v) is 3.65. The molecule has 0 aliphatic rings. The van der Waals surface area contributed by atoms with E-state index in [2.05, 4.69) is 10.3 Å². The molecule has 0 aliphatic heterocycles. The molecule has 0 bridgehead atoms. The highest BCUT2D eigenvalue weighted by molar-refractivity contribution is 7.22. The van der Waals surface area contributed by atoms with E-state index in [4.69, 9.17) is 11.6 Å². The highest BCUT2D eigenvalue weighted by Gasteiger charge is 2.07. The minimum atomic E-state index is -0.348. The maximum atomic E-state index is 13.6. The van der Waals surface area contributed by atoms with Gasteiger partial charge in [0.05, 0.1) is 15.9 Å². The number of benzene rings is 2. The maximum absolute atomic E-state index is 13.6. The van der Waals surface area contributed by atoms with Crippen molar-refractivity contribution in [2.45, 2.75) is 0 Å². The second-order valence-corrected chi connectivity index (χ2v) is 5.20. The highest BCUT2D eigenvalue weighted by atomic mass is 35.5. The van der Waals surface area contributed by atoms with Gasteiger partial charge in [-0.25, -0.2) is 9.37 Å². The van der Waals surface area contributed by atoms with E-state index in [-0.39, 0.29) is 5.82 Å². The summed E-state index contributed by atoms with van der Waals surface area (Å²) < 4.78 is 14.6. The third-order valence-electron chi connectivity index (χ3n) is 2.46. The average molecular weight is 279 g/mol. The number of thiazole rings is 1. The molecule has 2 nitrogen and oxygen atoms in total. The fraction of sp³-hybridized carbons (Fsp3) is 0. The Hall–Kier alpha value is -1.65. The van der Waals surface area contributed by atoms with Crippen LogP contribution in [0.2, 0.25) is 5.02 Å². The molecule has 18 heavy (non-hydrogen) atoms. The zero-order valence-corrected chi connectivity index (χ0v) is 10.7. The number of halogens is 2. The molecule has 0 spiro atoms. The topological polar surface area (TPSA) is 24.9 Å². The van der Waals surface area contributed by atoms with Gasteiger partial charge in [0.15, 0.2) is 5.13 Å². The van der Waals surface area contributed by atoms with Crippen LogP contribution in [0.4, 0.5) is 15.2 Å². The van der Waals surface area contributed by atoms with Crippen LogP contribution in [0.1, 0.15) is 0 Å². The van der Waals surface area contributed by atoms with Crippen LogP contribution in [0, 0.1) is 5.82 Å². The van der Waals surface area contributed by atoms with Gasteiger partial charge in [0.2, 0.25) is 0 Å². The van der Waals surface area contributed by atoms with Crippen molar-refractivity contribution in [3.63, 3.8) is 0 Å². The van der Waals surface area contributed by atoms with Crippen molar-refractivity contribution in [2.75, 3.05) is 5.32 Å². The molecule has 0 atom stereocenters. The van der Waals surface area contributed by atoms with Crippen molar-refractivity contribution in [1.29, 1.82) is 0 Å². The van der Waals surface area contributed by atoms with E-state index >= 15 is 0 Å². The van der Waals surface area contributed by atoms with Gasteiger partial charge in [-0.15, -0.1) is 0 Å². The molecule has 90 valence electrons. The molecule has 0 amide bonds. The van der Waals surface area contributed by atoms with Crippen LogP contribution in [0.25, 0.3) is 10.2 Å². The second kappa shape index (κ2) is 4.55. The molecule has 0 saturated heterocycles. The van der Waals surface area contributed by atoms with E-state index in [1.807, 2.05) is 24.3 Å². The van der Waals surface area contributed by atoms with Crippen molar-refractivity contribution in [2.24, 2.45) is 0 Å². The summed E-state index contributed by atoms with van der Waals surface area (Å²) in [6.45, 7) is 0. The highest BCUT2D eigenvalue weighted by Crippen LogP contribution is 2.29. The Morgan fingerprint density at radius 1 is 1.17 bits per heavy atom. The first-order valence-corrected chi connectivity index (χ1v) is 6.49. The van der Waals surface area contributed by atoms with Gasteiger partial charge in [0, 0.05) is 5.02 Å². The van der Waals surface area contributed by atoms with Crippen LogP contribution >= 0.6 is 22.9 Å². The Kier molecular flexibility index (Phi) is 2.89. The molecule has 5 heteroatoms. The summed E-state index contributed by atoms with van der Waals surface area (Å²) >= 11 is 7.31. The van der Waals surface area contributed by atoms with Crippen molar-refractivity contribution < 1.29 is 4.39 Å². The SMILES string of the molecule is Fc1ccc(Cl)cc1Nc1nc2ccccc2s1. The minimum absolute atomic E-state index is 0.335. The lowest BCUT2D eigenvalue weighted by atomic mass is 10.3. The summed E-state index contributed by atoms with van der Waals surface area (Å²) in [7, 11) is 0. The molecule has 1 heterocycles. The van der Waals surface area contributed by atoms with Crippen molar-refractivity contribution >= 4 is 44.0 Å². The summed E-state index contributed by atoms with van der Waals surface area (Å²) in [4.78, 5) is 4.38. The lowest BCUT2D eigenvalue weighted by Gasteiger charge is -2.03. The van der Waals surface area contributed by atoms with Gasteiger partial charge in [-0.3, -0.25) is 0 Å². The standard InChI is InChI=1S/C13H8ClFN2S/c14-8-5-6-9(15)11(7-8)17-13-16-10-3-1-2-4-12(10)18-13/h1-7H,(H,16,17). The van der Waals surface area contributed by atoms with Gasteiger partial charge in [-0.05, 0) is 30.3 Å². The summed E-state index contributed by atoms with van der Waals surface area (Å²) in [5.74, 6) is -0.348. The fourth-order valence-corrected chi connectivity index (χ4v) is 2.68. The zero-order chi connectivity index (χ0) is 12.5. The van der Waals surface area contributed by atoms with E-state index in [9.17, 15) is 4.39 Å². The van der Waals surface area contributed by atoms with Crippen LogP contribution in [0.15, 0.2) is 42.5 Å². The first-order valence-electron chi connectivity index (χ1n) is 5.30. The molecule has 0 aliphatic carbocycles. The first-order chi connectivity index (χ1) is 8.72. The number of nitrogens with one attached hydrogen (secondary N) is 1. The van der Waals surface area contributed by atoms with Gasteiger partial charge in [-0.2, -0.15) is 0 Å². The molecule has 1 aromatic heterocycles. The molecular weight excluding hydrogens is 271 g/mol. The summed E-state index contributed by atoms with van der Waals surface area (Å²) in [5.41, 5.74) is 1.23. The minimum Gasteiger partial charge on any atom is -0.329 e. The van der Waals surface area contributed by atoms with E-state index in [0.29, 0.717) is 15.8 Å². The Morgan fingerprint density at radius 3 is 2.83 bits per heavy atom. The van der Waals surface area contributed by atoms with E-state index in [0.717, 1.165) is 10.2 Å². The van der Waals surface area contributed by atoms with E-state index in [1.54, 1.807) is 6.07 Å². The normalized spacial score (nSPS) is 10.8. The van der Waals surface area contributed by atoms with Gasteiger partial charge < -0.3 is 5.32 Å². The van der Waals surface area contributed by atoms with Crippen LogP contribution in [-0.2, 0) is 0 Å². The Morgan fingerprint density at radius 2 is 2.00 bits per heavy atom. The Balaban J connectivity index is 1.98. The van der Waals surface area contributed by atoms with Crippen LogP contribution in [-0.4, -0.2) is 4.98 Å². The zero-order valence-electron chi connectivity index (χ0n) is 9.15. The molecular formula is C13H8ClFN2S. The smallest absolute Gasteiger partial charge is 0.188 e. The van der Waals surface area contributed by atoms with Gasteiger partial charge in [0.25, 0.3) is 0 Å². The number of hydrogen-bond donors (Lipinski definition) is 1. The average Bonchev–Trinajstić information content (AvgIpc) is 2.76. The molecule has 0 unspecified atom stereocenters. The predicted octanol–water partition coefficient (Wildman–Crippen LogP) is 4.83. The Bertz CT molecular complexity index is 678. The number of aromatic nitrogens is 1. The first kappa shape index (κ1) is 11.4. The third kappa shape index (κ3) is 2.17. The van der Waals surface area contributed by atoms with Gasteiger partial charge >= 0.3 is 0 Å². The molecule has 0 fully saturated rings. The molecule has 0 saturated carbocycles. The number of anilines is 2. The van der Waals surface area contributed by atoms with Crippen LogP contribution in [0.3, 0.4) is 0 Å². The fourth-order valence-electron chi connectivity index (χ4n) is 1.63. The number of nitrogens with zero attached hydrogens (tertiary/aromatic N) is 1. The number of fused-ring (bicyclic) bond motifs is 1. The molecule has 2 aromatic carbocycles. The van der Waals surface area contributed by atoms with E-state index in [1.165, 1.54) is 23.5 Å². The Labute approximate surface area is 112 Å². The van der Waals surface area contributed by atoms with Crippen molar-refractivity contribution in [3.8, 4) is 0 Å². The number of rotatable bonds is 2. The van der Waals surface area contributed by atoms with Crippen LogP contribution in [0.5, 0.6) is 0 Å². The molecule has 3 aromatic rings. The summed E-state index contributed by atoms with van der Waals surface area (Å²) in [6.07, 6.45) is 0. The summed E-state index contributed by atoms with van der Waals surface area (Å²) in [5, 5.41) is 4.09. The van der Waals surface area contributed by atoms with Gasteiger partial charge in [0.1, 0.15) is 5.82 Å². The number of hydrogen-bond acceptors (Lipinski definition) is 3. The lowest BCUT2D eigenvalue weighted by molar-refractivity contribution is 0.632. The molecule has 0 radical (unpaired) electrons. The molecule has 3 rings (SSSR count). The van der Waals surface area contributed by atoms with E-state index < -0.39 is 0 Å². The predicted molar refractivity (Wildman–Crippen MR) is 74.3 cm³/mol. The van der Waals surface area contributed by atoms with Crippen molar-refractivity contribution in [3.05, 3.63) is 53.3 Å². The second-order valence-electron chi connectivity index (χ2n) is 3.74. The van der Waals surface area contributed by atoms with Crippen LogP contribution < -0.4 is 5.32 Å². The monoisotopic (exact) mass is 278 g/mol. The van der Waals surface area contributed by atoms with Gasteiger partial charge in [-0.1, -0.05) is 35.1 Å². The van der Waals surface area contributed by atoms with Crippen molar-refractivity contribution in [1.82, 2.24) is 4.98 Å². The summed E-state index contributed by atoms with van der Waals surface area (Å²) in [6, 6.07) is 12.2. The lowest BCUT2D eigenvalue weighted by Crippen LogP contribution is -1.92. The number of para-hydroxylation sites is 1. The quantitative estimate of drug-likeness (QED) is 0.726. The molecule has 1 N–H and O–H groups in total.